The molecule has 0 fully saturated rings. The largest absolute Gasteiger partial charge is 0.493 e. The summed E-state index contributed by atoms with van der Waals surface area (Å²) in [7, 11) is -3.57. The zero-order chi connectivity index (χ0) is 17.2. The number of fused-ring (bicyclic) bond motifs is 1. The lowest BCUT2D eigenvalue weighted by Crippen LogP contribution is -2.26. The molecule has 2 aromatic carbocycles. The molecule has 1 aliphatic heterocycles. The Morgan fingerprint density at radius 2 is 1.92 bits per heavy atom. The topological polar surface area (TPSA) is 72.5 Å². The van der Waals surface area contributed by atoms with Crippen LogP contribution in [-0.4, -0.2) is 27.4 Å². The molecule has 3 rings (SSSR count). The molecule has 1 aliphatic rings. The van der Waals surface area contributed by atoms with E-state index >= 15 is 0 Å². The summed E-state index contributed by atoms with van der Waals surface area (Å²) in [6.45, 7) is 2.47. The van der Waals surface area contributed by atoms with E-state index in [4.69, 9.17) is 4.74 Å². The molecule has 0 aliphatic carbocycles. The van der Waals surface area contributed by atoms with Crippen LogP contribution in [0.4, 0.5) is 0 Å². The maximum absolute atomic E-state index is 12.3. The summed E-state index contributed by atoms with van der Waals surface area (Å²) in [4.78, 5) is 11.4. The number of ether oxygens (including phenoxy) is 1. The lowest BCUT2D eigenvalue weighted by Gasteiger charge is -2.08. The average molecular weight is 345 g/mol. The number of ketones is 1. The van der Waals surface area contributed by atoms with E-state index in [1.54, 1.807) is 0 Å². The fraction of sp³-hybridized carbons (Fsp3) is 0.278. The van der Waals surface area contributed by atoms with Crippen LogP contribution in [0.3, 0.4) is 0 Å². The predicted octanol–water partition coefficient (Wildman–Crippen LogP) is 2.35. The zero-order valence-electron chi connectivity index (χ0n) is 13.4. The predicted molar refractivity (Wildman–Crippen MR) is 91.0 cm³/mol. The normalized spacial score (nSPS) is 13.4. The van der Waals surface area contributed by atoms with Crippen molar-refractivity contribution in [3.8, 4) is 5.75 Å². The van der Waals surface area contributed by atoms with Gasteiger partial charge in [-0.15, -0.1) is 0 Å². The third kappa shape index (κ3) is 3.66. The number of hydrogen-bond acceptors (Lipinski definition) is 4. The van der Waals surface area contributed by atoms with Gasteiger partial charge in [-0.25, -0.2) is 13.1 Å². The highest BCUT2D eigenvalue weighted by Crippen LogP contribution is 2.25. The maximum atomic E-state index is 12.3. The molecular formula is C18H19NO4S. The van der Waals surface area contributed by atoms with E-state index in [9.17, 15) is 13.2 Å². The minimum absolute atomic E-state index is 0.0903. The molecule has 0 radical (unpaired) electrons. The van der Waals surface area contributed by atoms with E-state index in [-0.39, 0.29) is 10.7 Å². The van der Waals surface area contributed by atoms with Crippen molar-refractivity contribution in [2.24, 2.45) is 0 Å². The Hall–Kier alpha value is -2.18. The van der Waals surface area contributed by atoms with Gasteiger partial charge in [0.1, 0.15) is 5.75 Å². The van der Waals surface area contributed by atoms with Crippen molar-refractivity contribution in [2.45, 2.75) is 24.7 Å². The van der Waals surface area contributed by atoms with Gasteiger partial charge in [0.15, 0.2) is 5.78 Å². The molecule has 126 valence electrons. The molecule has 0 spiro atoms. The van der Waals surface area contributed by atoms with Gasteiger partial charge in [0, 0.05) is 18.5 Å². The highest BCUT2D eigenvalue weighted by atomic mass is 32.2. The van der Waals surface area contributed by atoms with Gasteiger partial charge in [-0.3, -0.25) is 4.79 Å². The second-order valence-corrected chi connectivity index (χ2v) is 7.54. The molecule has 0 unspecified atom stereocenters. The van der Waals surface area contributed by atoms with Crippen molar-refractivity contribution in [1.29, 1.82) is 0 Å². The van der Waals surface area contributed by atoms with Gasteiger partial charge in [0.2, 0.25) is 10.0 Å². The first-order valence-electron chi connectivity index (χ1n) is 7.81. The van der Waals surface area contributed by atoms with Crippen LogP contribution in [0.5, 0.6) is 5.75 Å². The summed E-state index contributed by atoms with van der Waals surface area (Å²) in [5, 5.41) is 0. The van der Waals surface area contributed by atoms with E-state index in [0.29, 0.717) is 25.1 Å². The first-order valence-corrected chi connectivity index (χ1v) is 9.29. The van der Waals surface area contributed by atoms with Crippen molar-refractivity contribution >= 4 is 15.8 Å². The summed E-state index contributed by atoms with van der Waals surface area (Å²) < 4.78 is 32.6. The first-order chi connectivity index (χ1) is 11.5. The number of nitrogens with one attached hydrogen (secondary N) is 1. The minimum Gasteiger partial charge on any atom is -0.493 e. The molecule has 0 atom stereocenters. The third-order valence-electron chi connectivity index (χ3n) is 4.03. The Kier molecular flexibility index (Phi) is 4.69. The van der Waals surface area contributed by atoms with E-state index in [2.05, 4.69) is 10.8 Å². The molecule has 0 saturated carbocycles. The van der Waals surface area contributed by atoms with Crippen LogP contribution in [0.1, 0.15) is 28.4 Å². The molecule has 0 amide bonds. The van der Waals surface area contributed by atoms with E-state index in [1.165, 1.54) is 36.8 Å². The highest BCUT2D eigenvalue weighted by molar-refractivity contribution is 7.89. The van der Waals surface area contributed by atoms with Crippen LogP contribution in [-0.2, 0) is 22.9 Å². The molecule has 5 nitrogen and oxygen atoms in total. The fourth-order valence-electron chi connectivity index (χ4n) is 2.68. The summed E-state index contributed by atoms with van der Waals surface area (Å²) in [6.07, 6.45) is 1.51. The third-order valence-corrected chi connectivity index (χ3v) is 5.51. The molecule has 0 saturated heterocycles. The van der Waals surface area contributed by atoms with Crippen LogP contribution in [0.2, 0.25) is 0 Å². The Morgan fingerprint density at radius 1 is 1.17 bits per heavy atom. The number of Topliss-reactive ketones (excluding diaryl/α,β-unsaturated/α-hetero) is 1. The lowest BCUT2D eigenvalue weighted by molar-refractivity contribution is 0.101. The number of carbonyl (C=O) groups is 1. The van der Waals surface area contributed by atoms with Crippen molar-refractivity contribution in [3.63, 3.8) is 0 Å². The van der Waals surface area contributed by atoms with Crippen LogP contribution >= 0.6 is 0 Å². The number of hydrogen-bond donors (Lipinski definition) is 1. The van der Waals surface area contributed by atoms with Gasteiger partial charge in [0.25, 0.3) is 0 Å². The SMILES string of the molecule is CC(=O)c1ccc(S(=O)(=O)NCCc2ccc3c(c2)CCO3)cc1. The van der Waals surface area contributed by atoms with Crippen LogP contribution in [0.25, 0.3) is 0 Å². The average Bonchev–Trinajstić information content (AvgIpc) is 3.02. The monoisotopic (exact) mass is 345 g/mol. The molecule has 1 heterocycles. The molecule has 24 heavy (non-hydrogen) atoms. The second kappa shape index (κ2) is 6.75. The van der Waals surface area contributed by atoms with E-state index < -0.39 is 10.0 Å². The zero-order valence-corrected chi connectivity index (χ0v) is 14.2. The van der Waals surface area contributed by atoms with E-state index in [1.807, 2.05) is 12.1 Å². The summed E-state index contributed by atoms with van der Waals surface area (Å²) in [5.41, 5.74) is 2.75. The van der Waals surface area contributed by atoms with Gasteiger partial charge in [-0.1, -0.05) is 24.3 Å². The molecule has 2 aromatic rings. The van der Waals surface area contributed by atoms with E-state index in [0.717, 1.165) is 17.7 Å². The highest BCUT2D eigenvalue weighted by Gasteiger charge is 2.15. The molecule has 0 bridgehead atoms. The second-order valence-electron chi connectivity index (χ2n) is 5.77. The minimum atomic E-state index is -3.57. The standard InChI is InChI=1S/C18H19NO4S/c1-13(20)15-3-5-17(6-4-15)24(21,22)19-10-8-14-2-7-18-16(12-14)9-11-23-18/h2-7,12,19H,8-11H2,1H3. The van der Waals surface area contributed by atoms with Crippen molar-refractivity contribution in [3.05, 3.63) is 59.2 Å². The summed E-state index contributed by atoms with van der Waals surface area (Å²) in [6, 6.07) is 11.9. The number of rotatable bonds is 6. The maximum Gasteiger partial charge on any atom is 0.240 e. The van der Waals surface area contributed by atoms with Gasteiger partial charge >= 0.3 is 0 Å². The first kappa shape index (κ1) is 16.7. The van der Waals surface area contributed by atoms with Crippen molar-refractivity contribution < 1.29 is 17.9 Å². The van der Waals surface area contributed by atoms with Crippen molar-refractivity contribution in [1.82, 2.24) is 4.72 Å². The molecule has 0 aromatic heterocycles. The molecule has 1 N–H and O–H groups in total. The van der Waals surface area contributed by atoms with Crippen molar-refractivity contribution in [2.75, 3.05) is 13.2 Å². The number of sulfonamides is 1. The Balaban J connectivity index is 1.61. The lowest BCUT2D eigenvalue weighted by atomic mass is 10.1. The number of carbonyl (C=O) groups excluding carboxylic acids is 1. The van der Waals surface area contributed by atoms with Crippen LogP contribution < -0.4 is 9.46 Å². The fourth-order valence-corrected chi connectivity index (χ4v) is 3.71. The van der Waals surface area contributed by atoms with Gasteiger partial charge in [0.05, 0.1) is 11.5 Å². The van der Waals surface area contributed by atoms with Gasteiger partial charge in [-0.05, 0) is 42.7 Å². The quantitative estimate of drug-likeness (QED) is 0.816. The smallest absolute Gasteiger partial charge is 0.240 e. The van der Waals surface area contributed by atoms with Gasteiger partial charge < -0.3 is 4.74 Å². The summed E-state index contributed by atoms with van der Waals surface area (Å²) in [5.74, 6) is 0.831. The summed E-state index contributed by atoms with van der Waals surface area (Å²) >= 11 is 0. The van der Waals surface area contributed by atoms with Gasteiger partial charge in [-0.2, -0.15) is 0 Å². The Bertz CT molecular complexity index is 857. The van der Waals surface area contributed by atoms with Crippen LogP contribution in [0, 0.1) is 0 Å². The molecular weight excluding hydrogens is 326 g/mol. The molecule has 6 heteroatoms. The Labute approximate surface area is 141 Å². The number of benzene rings is 2. The van der Waals surface area contributed by atoms with Crippen LogP contribution in [0.15, 0.2) is 47.4 Å². The Morgan fingerprint density at radius 3 is 2.62 bits per heavy atom.